The molecular weight excluding hydrogens is 282 g/mol. The minimum Gasteiger partial charge on any atom is -1.00 e. The molecule has 2 aromatic rings. The Kier molecular flexibility index (Phi) is 14.4. The Morgan fingerprint density at radius 3 is 1.88 bits per heavy atom. The zero-order valence-electron chi connectivity index (χ0n) is 9.11. The summed E-state index contributed by atoms with van der Waals surface area (Å²) in [6.07, 6.45) is 0. The third kappa shape index (κ3) is 5.53. The van der Waals surface area contributed by atoms with Crippen LogP contribution >= 0.6 is 0 Å². The van der Waals surface area contributed by atoms with Gasteiger partial charge in [0.25, 0.3) is 0 Å². The topological polar surface area (TPSA) is 46.1 Å². The summed E-state index contributed by atoms with van der Waals surface area (Å²) in [6, 6.07) is 12.6. The molecule has 0 radical (unpaired) electrons. The van der Waals surface area contributed by atoms with Crippen molar-refractivity contribution < 1.29 is 34.9 Å². The van der Waals surface area contributed by atoms with Crippen LogP contribution in [-0.2, 0) is 0 Å². The maximum Gasteiger partial charge on any atom is 2.00 e. The fourth-order valence-electron chi connectivity index (χ4n) is 1.46. The second-order valence-corrected chi connectivity index (χ2v) is 2.90. The zero-order valence-corrected chi connectivity index (χ0v) is 13.4. The average molecular weight is 289 g/mol. The third-order valence-corrected chi connectivity index (χ3v) is 2.08. The SMILES string of the molecule is [Cl-].[Cl-].[Mg+2].[Mg+2].[O-]B([O-])c1cccc2ccccc12. The summed E-state index contributed by atoms with van der Waals surface area (Å²) < 4.78 is 0. The van der Waals surface area contributed by atoms with E-state index in [1.807, 2.05) is 24.3 Å². The Morgan fingerprint density at radius 2 is 1.29 bits per heavy atom. The molecule has 0 unspecified atom stereocenters. The van der Waals surface area contributed by atoms with Gasteiger partial charge in [0.15, 0.2) is 0 Å². The maximum absolute atomic E-state index is 10.8. The summed E-state index contributed by atoms with van der Waals surface area (Å²) >= 11 is 0. The Morgan fingerprint density at radius 1 is 0.765 bits per heavy atom. The summed E-state index contributed by atoms with van der Waals surface area (Å²) in [5, 5.41) is 23.3. The Hall–Kier alpha value is 0.797. The van der Waals surface area contributed by atoms with Crippen LogP contribution in [0.1, 0.15) is 0 Å². The molecule has 80 valence electrons. The van der Waals surface area contributed by atoms with Gasteiger partial charge in [-0.2, -0.15) is 0 Å². The van der Waals surface area contributed by atoms with Crippen molar-refractivity contribution in [2.45, 2.75) is 0 Å². The molecule has 0 aliphatic heterocycles. The summed E-state index contributed by atoms with van der Waals surface area (Å²) in [7, 11) is -1.90. The molecule has 0 spiro atoms. The molecule has 2 nitrogen and oxygen atoms in total. The molecule has 0 saturated carbocycles. The number of hydrogen-bond donors (Lipinski definition) is 0. The van der Waals surface area contributed by atoms with Gasteiger partial charge in [0.05, 0.1) is 0 Å². The van der Waals surface area contributed by atoms with Gasteiger partial charge in [-0.3, -0.25) is 0 Å². The maximum atomic E-state index is 10.8. The monoisotopic (exact) mass is 288 g/mol. The Labute approximate surface area is 145 Å². The van der Waals surface area contributed by atoms with Crippen molar-refractivity contribution in [3.63, 3.8) is 0 Å². The molecule has 0 aliphatic rings. The fourth-order valence-corrected chi connectivity index (χ4v) is 1.46. The number of rotatable bonds is 1. The predicted octanol–water partition coefficient (Wildman–Crippen LogP) is -7.50. The van der Waals surface area contributed by atoms with Crippen molar-refractivity contribution >= 4 is 69.5 Å². The molecule has 0 aliphatic carbocycles. The van der Waals surface area contributed by atoms with Crippen LogP contribution in [0.25, 0.3) is 10.8 Å². The van der Waals surface area contributed by atoms with Gasteiger partial charge < -0.3 is 34.9 Å². The number of hydrogen-bond acceptors (Lipinski definition) is 2. The van der Waals surface area contributed by atoms with Crippen molar-refractivity contribution in [3.05, 3.63) is 42.5 Å². The fraction of sp³-hybridized carbons (Fsp3) is 0. The first-order valence-electron chi connectivity index (χ1n) is 4.08. The van der Waals surface area contributed by atoms with Gasteiger partial charge in [-0.1, -0.05) is 49.6 Å². The summed E-state index contributed by atoms with van der Waals surface area (Å²) in [6.45, 7) is 0. The summed E-state index contributed by atoms with van der Waals surface area (Å²) in [5.74, 6) is 0. The van der Waals surface area contributed by atoms with Crippen LogP contribution in [0.5, 0.6) is 0 Å². The van der Waals surface area contributed by atoms with Crippen molar-refractivity contribution in [3.8, 4) is 0 Å². The van der Waals surface area contributed by atoms with E-state index in [9.17, 15) is 10.0 Å². The smallest absolute Gasteiger partial charge is 1.00 e. The van der Waals surface area contributed by atoms with Gasteiger partial charge in [-0.05, 0) is 10.8 Å². The molecule has 7 heteroatoms. The largest absolute Gasteiger partial charge is 2.00 e. The molecule has 0 saturated heterocycles. The minimum absolute atomic E-state index is 0. The summed E-state index contributed by atoms with van der Waals surface area (Å²) in [5.41, 5.74) is 0.332. The summed E-state index contributed by atoms with van der Waals surface area (Å²) in [4.78, 5) is 0. The quantitative estimate of drug-likeness (QED) is 0.490. The van der Waals surface area contributed by atoms with Gasteiger partial charge in [0.1, 0.15) is 0 Å². The average Bonchev–Trinajstić information content (AvgIpc) is 2.17. The molecule has 0 N–H and O–H groups in total. The van der Waals surface area contributed by atoms with Crippen LogP contribution in [0.15, 0.2) is 42.5 Å². The first kappa shape index (κ1) is 22.9. The predicted molar refractivity (Wildman–Crippen MR) is 60.8 cm³/mol. The first-order valence-corrected chi connectivity index (χ1v) is 4.08. The second-order valence-electron chi connectivity index (χ2n) is 2.90. The van der Waals surface area contributed by atoms with E-state index in [-0.39, 0.29) is 70.9 Å². The molecule has 0 atom stereocenters. The molecule has 0 heterocycles. The molecule has 0 aromatic heterocycles. The third-order valence-electron chi connectivity index (χ3n) is 2.08. The standard InChI is InChI=1S/C10H7BO2.2ClH.2Mg/c12-11(13)10-7-3-5-8-4-1-2-6-9(8)10;;;;/h1-7H;2*1H;;/q-2;;;2*+2/p-2. The molecule has 0 fully saturated rings. The van der Waals surface area contributed by atoms with Gasteiger partial charge in [-0.15, -0.1) is 5.46 Å². The second kappa shape index (κ2) is 10.7. The van der Waals surface area contributed by atoms with E-state index in [1.165, 1.54) is 0 Å². The van der Waals surface area contributed by atoms with E-state index >= 15 is 0 Å². The molecule has 2 rings (SSSR count). The van der Waals surface area contributed by atoms with Crippen LogP contribution < -0.4 is 40.3 Å². The van der Waals surface area contributed by atoms with Gasteiger partial charge in [-0.25, -0.2) is 0 Å². The zero-order chi connectivity index (χ0) is 9.26. The van der Waals surface area contributed by atoms with Crippen molar-refractivity contribution in [1.29, 1.82) is 0 Å². The normalized spacial score (nSPS) is 7.88. The van der Waals surface area contributed by atoms with E-state index in [0.717, 1.165) is 10.8 Å². The van der Waals surface area contributed by atoms with E-state index in [4.69, 9.17) is 0 Å². The van der Waals surface area contributed by atoms with E-state index in [1.54, 1.807) is 18.2 Å². The van der Waals surface area contributed by atoms with E-state index < -0.39 is 7.12 Å². The van der Waals surface area contributed by atoms with Gasteiger partial charge >= 0.3 is 46.1 Å². The molecular formula is C10H7BCl2Mg2O2. The number of fused-ring (bicyclic) bond motifs is 1. The minimum atomic E-state index is -1.90. The first-order chi connectivity index (χ1) is 6.29. The number of benzene rings is 2. The Bertz CT molecular complexity index is 438. The molecule has 0 bridgehead atoms. The Balaban J connectivity index is -0.000000490. The van der Waals surface area contributed by atoms with Crippen molar-refractivity contribution in [2.24, 2.45) is 0 Å². The van der Waals surface area contributed by atoms with Crippen molar-refractivity contribution in [1.82, 2.24) is 0 Å². The molecule has 0 amide bonds. The van der Waals surface area contributed by atoms with E-state index in [2.05, 4.69) is 0 Å². The van der Waals surface area contributed by atoms with Crippen LogP contribution in [0.2, 0.25) is 0 Å². The van der Waals surface area contributed by atoms with Crippen LogP contribution in [0.3, 0.4) is 0 Å². The molecule has 2 aromatic carbocycles. The van der Waals surface area contributed by atoms with Gasteiger partial charge in [0, 0.05) is 0 Å². The van der Waals surface area contributed by atoms with Gasteiger partial charge in [0.2, 0.25) is 0 Å². The van der Waals surface area contributed by atoms with Crippen LogP contribution in [-0.4, -0.2) is 53.2 Å². The van der Waals surface area contributed by atoms with Crippen LogP contribution in [0, 0.1) is 0 Å². The van der Waals surface area contributed by atoms with Crippen LogP contribution in [0.4, 0.5) is 0 Å². The van der Waals surface area contributed by atoms with Crippen molar-refractivity contribution in [2.75, 3.05) is 0 Å². The molecule has 17 heavy (non-hydrogen) atoms. The number of halogens is 2. The van der Waals surface area contributed by atoms with E-state index in [0.29, 0.717) is 5.46 Å².